The summed E-state index contributed by atoms with van der Waals surface area (Å²) in [5.41, 5.74) is 0.942. The zero-order valence-electron chi connectivity index (χ0n) is 13.0. The average molecular weight is 335 g/mol. The summed E-state index contributed by atoms with van der Waals surface area (Å²) in [7, 11) is -3.08. The molecule has 1 aliphatic carbocycles. The first kappa shape index (κ1) is 15.1. The molecule has 0 spiro atoms. The molecular formula is C16H21N3O3S. The van der Waals surface area contributed by atoms with Crippen molar-refractivity contribution < 1.29 is 13.2 Å². The van der Waals surface area contributed by atoms with Gasteiger partial charge < -0.3 is 4.90 Å². The fourth-order valence-electron chi connectivity index (χ4n) is 3.76. The number of carbonyl (C=O) groups excluding carboxylic acids is 1. The van der Waals surface area contributed by atoms with Crippen LogP contribution < -0.4 is 0 Å². The van der Waals surface area contributed by atoms with Gasteiger partial charge in [0.25, 0.3) is 0 Å². The molecule has 1 saturated carbocycles. The molecule has 124 valence electrons. The van der Waals surface area contributed by atoms with Gasteiger partial charge in [-0.25, -0.2) is 8.42 Å². The molecule has 0 unspecified atom stereocenters. The Labute approximate surface area is 136 Å². The number of carbonyl (C=O) groups is 1. The standard InChI is InChI=1S/C16H21N3O3S/c20-16(12-4-5-12)19-8-7-18(9-13-3-1-2-6-17-13)14-10-23(21,22)11-15(14)19/h1-3,6,12,14-15H,4-5,7-11H2/t14-,15+/m1/s1. The molecule has 0 N–H and O–H groups in total. The van der Waals surface area contributed by atoms with E-state index in [1.54, 1.807) is 6.20 Å². The molecule has 6 nitrogen and oxygen atoms in total. The Hall–Kier alpha value is -1.47. The summed E-state index contributed by atoms with van der Waals surface area (Å²) in [4.78, 5) is 20.9. The number of pyridine rings is 1. The monoisotopic (exact) mass is 335 g/mol. The van der Waals surface area contributed by atoms with E-state index in [4.69, 9.17) is 0 Å². The van der Waals surface area contributed by atoms with E-state index in [1.807, 2.05) is 23.1 Å². The lowest BCUT2D eigenvalue weighted by molar-refractivity contribution is -0.138. The van der Waals surface area contributed by atoms with E-state index in [1.165, 1.54) is 0 Å². The van der Waals surface area contributed by atoms with Gasteiger partial charge in [-0.1, -0.05) is 6.07 Å². The number of fused-ring (bicyclic) bond motifs is 1. The van der Waals surface area contributed by atoms with E-state index < -0.39 is 9.84 Å². The first-order valence-corrected chi connectivity index (χ1v) is 10.0. The predicted molar refractivity (Wildman–Crippen MR) is 85.3 cm³/mol. The van der Waals surface area contributed by atoms with E-state index in [0.717, 1.165) is 18.5 Å². The highest BCUT2D eigenvalue weighted by atomic mass is 32.2. The van der Waals surface area contributed by atoms with Crippen molar-refractivity contribution in [1.29, 1.82) is 0 Å². The van der Waals surface area contributed by atoms with Crippen molar-refractivity contribution in [3.8, 4) is 0 Å². The average Bonchev–Trinajstić information content (AvgIpc) is 3.31. The van der Waals surface area contributed by atoms with Crippen LogP contribution in [0.1, 0.15) is 18.5 Å². The van der Waals surface area contributed by atoms with Crippen molar-refractivity contribution in [3.63, 3.8) is 0 Å². The zero-order chi connectivity index (χ0) is 16.0. The van der Waals surface area contributed by atoms with Gasteiger partial charge in [-0.05, 0) is 25.0 Å². The molecule has 3 fully saturated rings. The molecule has 23 heavy (non-hydrogen) atoms. The van der Waals surface area contributed by atoms with E-state index >= 15 is 0 Å². The number of aromatic nitrogens is 1. The molecule has 0 bridgehead atoms. The highest BCUT2D eigenvalue weighted by Crippen LogP contribution is 2.35. The van der Waals surface area contributed by atoms with Crippen molar-refractivity contribution in [2.45, 2.75) is 31.5 Å². The van der Waals surface area contributed by atoms with Gasteiger partial charge in [-0.2, -0.15) is 0 Å². The minimum absolute atomic E-state index is 0.0987. The van der Waals surface area contributed by atoms with Crippen LogP contribution in [0.5, 0.6) is 0 Å². The van der Waals surface area contributed by atoms with Crippen LogP contribution in [0.25, 0.3) is 0 Å². The highest BCUT2D eigenvalue weighted by Gasteiger charge is 2.49. The Morgan fingerprint density at radius 1 is 1.17 bits per heavy atom. The lowest BCUT2D eigenvalue weighted by Gasteiger charge is -2.44. The lowest BCUT2D eigenvalue weighted by atomic mass is 10.0. The van der Waals surface area contributed by atoms with Crippen LogP contribution in [0, 0.1) is 5.92 Å². The molecule has 4 rings (SSSR count). The second-order valence-corrected chi connectivity index (χ2v) is 8.96. The number of hydrogen-bond donors (Lipinski definition) is 0. The maximum absolute atomic E-state index is 12.5. The van der Waals surface area contributed by atoms with Gasteiger partial charge in [0, 0.05) is 37.8 Å². The Morgan fingerprint density at radius 2 is 1.96 bits per heavy atom. The molecule has 1 aromatic heterocycles. The van der Waals surface area contributed by atoms with Crippen LogP contribution in [0.3, 0.4) is 0 Å². The third-order valence-corrected chi connectivity index (χ3v) is 6.79. The fraction of sp³-hybridized carbons (Fsp3) is 0.625. The Morgan fingerprint density at radius 3 is 2.65 bits per heavy atom. The quantitative estimate of drug-likeness (QED) is 0.795. The van der Waals surface area contributed by atoms with Crippen LogP contribution in [-0.2, 0) is 21.2 Å². The van der Waals surface area contributed by atoms with Crippen molar-refractivity contribution in [1.82, 2.24) is 14.8 Å². The van der Waals surface area contributed by atoms with Crippen molar-refractivity contribution in [3.05, 3.63) is 30.1 Å². The molecule has 2 saturated heterocycles. The molecule has 1 amide bonds. The van der Waals surface area contributed by atoms with Crippen LogP contribution >= 0.6 is 0 Å². The summed E-state index contributed by atoms with van der Waals surface area (Å²) in [6.45, 7) is 1.98. The highest BCUT2D eigenvalue weighted by molar-refractivity contribution is 7.91. The Balaban J connectivity index is 1.56. The first-order valence-electron chi connectivity index (χ1n) is 8.18. The van der Waals surface area contributed by atoms with Crippen LogP contribution in [0.15, 0.2) is 24.4 Å². The van der Waals surface area contributed by atoms with Gasteiger partial charge >= 0.3 is 0 Å². The summed E-state index contributed by atoms with van der Waals surface area (Å²) in [5.74, 6) is 0.559. The summed E-state index contributed by atoms with van der Waals surface area (Å²) in [6.07, 6.45) is 3.67. The van der Waals surface area contributed by atoms with E-state index in [0.29, 0.717) is 19.6 Å². The Bertz CT molecular complexity index is 703. The SMILES string of the molecule is O=C(C1CC1)N1CCN(Cc2ccccn2)[C@@H]2CS(=O)(=O)C[C@@H]21. The molecule has 0 radical (unpaired) electrons. The van der Waals surface area contributed by atoms with E-state index in [-0.39, 0.29) is 35.4 Å². The van der Waals surface area contributed by atoms with Gasteiger partial charge in [0.1, 0.15) is 0 Å². The molecular weight excluding hydrogens is 314 g/mol. The number of nitrogens with zero attached hydrogens (tertiary/aromatic N) is 3. The van der Waals surface area contributed by atoms with Crippen LogP contribution in [0.4, 0.5) is 0 Å². The fourth-order valence-corrected chi connectivity index (χ4v) is 5.77. The summed E-state index contributed by atoms with van der Waals surface area (Å²) in [6, 6.07) is 5.49. The largest absolute Gasteiger partial charge is 0.336 e. The number of sulfone groups is 1. The number of hydrogen-bond acceptors (Lipinski definition) is 5. The maximum Gasteiger partial charge on any atom is 0.226 e. The van der Waals surface area contributed by atoms with E-state index in [2.05, 4.69) is 9.88 Å². The van der Waals surface area contributed by atoms with Gasteiger partial charge in [-0.3, -0.25) is 14.7 Å². The van der Waals surface area contributed by atoms with Crippen LogP contribution in [-0.4, -0.2) is 65.8 Å². The minimum Gasteiger partial charge on any atom is -0.336 e. The maximum atomic E-state index is 12.5. The number of rotatable bonds is 3. The van der Waals surface area contributed by atoms with Crippen molar-refractivity contribution >= 4 is 15.7 Å². The molecule has 2 atom stereocenters. The Kier molecular flexibility index (Phi) is 3.65. The van der Waals surface area contributed by atoms with Gasteiger partial charge in [0.05, 0.1) is 23.2 Å². The third kappa shape index (κ3) is 2.99. The van der Waals surface area contributed by atoms with Gasteiger partial charge in [-0.15, -0.1) is 0 Å². The van der Waals surface area contributed by atoms with Gasteiger partial charge in [0.15, 0.2) is 9.84 Å². The molecule has 2 aliphatic heterocycles. The number of amides is 1. The zero-order valence-corrected chi connectivity index (χ0v) is 13.8. The second kappa shape index (κ2) is 5.56. The van der Waals surface area contributed by atoms with Crippen LogP contribution in [0.2, 0.25) is 0 Å². The predicted octanol–water partition coefficient (Wildman–Crippen LogP) is 0.301. The summed E-state index contributed by atoms with van der Waals surface area (Å²) < 4.78 is 24.3. The van der Waals surface area contributed by atoms with Crippen molar-refractivity contribution in [2.75, 3.05) is 24.6 Å². The molecule has 3 aliphatic rings. The van der Waals surface area contributed by atoms with Gasteiger partial charge in [0.2, 0.25) is 5.91 Å². The second-order valence-electron chi connectivity index (χ2n) is 6.81. The topological polar surface area (TPSA) is 70.6 Å². The molecule has 1 aromatic rings. The van der Waals surface area contributed by atoms with E-state index in [9.17, 15) is 13.2 Å². The number of piperazine rings is 1. The lowest BCUT2D eigenvalue weighted by Crippen LogP contribution is -2.60. The molecule has 3 heterocycles. The minimum atomic E-state index is -3.08. The van der Waals surface area contributed by atoms with Crippen molar-refractivity contribution in [2.24, 2.45) is 5.92 Å². The molecule has 7 heteroatoms. The summed E-state index contributed by atoms with van der Waals surface area (Å²) >= 11 is 0. The first-order chi connectivity index (χ1) is 11.0. The smallest absolute Gasteiger partial charge is 0.226 e. The summed E-state index contributed by atoms with van der Waals surface area (Å²) in [5, 5.41) is 0. The normalized spacial score (nSPS) is 30.2. The molecule has 0 aromatic carbocycles. The third-order valence-electron chi connectivity index (χ3n) is 5.09.